The Morgan fingerprint density at radius 2 is 1.76 bits per heavy atom. The Labute approximate surface area is 125 Å². The zero-order valence-corrected chi connectivity index (χ0v) is 12.7. The summed E-state index contributed by atoms with van der Waals surface area (Å²) in [5, 5.41) is 0. The molecule has 0 aliphatic heterocycles. The molecule has 1 aliphatic carbocycles. The van der Waals surface area contributed by atoms with E-state index < -0.39 is 0 Å². The number of imidazole rings is 1. The number of hydrogen-bond donors (Lipinski definition) is 0. The lowest BCUT2D eigenvalue weighted by atomic mass is 10.1. The molecule has 1 aliphatic rings. The maximum Gasteiger partial charge on any atom is 0.140 e. The van der Waals surface area contributed by atoms with Crippen LogP contribution in [0, 0.1) is 5.92 Å². The number of methoxy groups -OCH3 is 2. The fourth-order valence-corrected chi connectivity index (χ4v) is 3.12. The molecule has 4 heteroatoms. The van der Waals surface area contributed by atoms with Crippen molar-refractivity contribution < 1.29 is 9.47 Å². The molecule has 0 radical (unpaired) electrons. The van der Waals surface area contributed by atoms with Crippen LogP contribution in [0.4, 0.5) is 0 Å². The molecule has 21 heavy (non-hydrogen) atoms. The molecule has 1 aromatic heterocycles. The van der Waals surface area contributed by atoms with E-state index in [-0.39, 0.29) is 0 Å². The molecule has 0 saturated heterocycles. The van der Waals surface area contributed by atoms with Crippen LogP contribution in [0.1, 0.15) is 25.7 Å². The Bertz CT molecular complexity index is 578. The number of ether oxygens (including phenoxy) is 2. The van der Waals surface area contributed by atoms with Crippen molar-refractivity contribution in [2.75, 3.05) is 14.2 Å². The SMILES string of the molecule is COc1cc(OC)cc(-c2nccn2CC2CCCC2)c1. The minimum atomic E-state index is 0.783. The minimum absolute atomic E-state index is 0.783. The van der Waals surface area contributed by atoms with E-state index in [2.05, 4.69) is 15.7 Å². The third-order valence-corrected chi connectivity index (χ3v) is 4.25. The van der Waals surface area contributed by atoms with Crippen LogP contribution >= 0.6 is 0 Å². The summed E-state index contributed by atoms with van der Waals surface area (Å²) in [4.78, 5) is 4.53. The van der Waals surface area contributed by atoms with Crippen LogP contribution in [0.25, 0.3) is 11.4 Å². The molecule has 4 nitrogen and oxygen atoms in total. The van der Waals surface area contributed by atoms with Crippen LogP contribution in [-0.2, 0) is 6.54 Å². The summed E-state index contributed by atoms with van der Waals surface area (Å²) in [6, 6.07) is 5.90. The molecule has 0 N–H and O–H groups in total. The van der Waals surface area contributed by atoms with Gasteiger partial charge in [-0.25, -0.2) is 4.98 Å². The van der Waals surface area contributed by atoms with Gasteiger partial charge in [-0.3, -0.25) is 0 Å². The second-order valence-corrected chi connectivity index (χ2v) is 5.66. The normalized spacial score (nSPS) is 15.3. The van der Waals surface area contributed by atoms with Crippen LogP contribution < -0.4 is 9.47 Å². The van der Waals surface area contributed by atoms with Crippen molar-refractivity contribution in [3.8, 4) is 22.9 Å². The topological polar surface area (TPSA) is 36.3 Å². The third kappa shape index (κ3) is 3.04. The summed E-state index contributed by atoms with van der Waals surface area (Å²) < 4.78 is 13.0. The first-order valence-electron chi connectivity index (χ1n) is 7.54. The van der Waals surface area contributed by atoms with E-state index in [9.17, 15) is 0 Å². The van der Waals surface area contributed by atoms with E-state index in [0.29, 0.717) is 0 Å². The van der Waals surface area contributed by atoms with Gasteiger partial charge in [-0.05, 0) is 30.9 Å². The Morgan fingerprint density at radius 3 is 2.38 bits per heavy atom. The van der Waals surface area contributed by atoms with Gasteiger partial charge in [0.15, 0.2) is 0 Å². The number of rotatable bonds is 5. The fraction of sp³-hybridized carbons (Fsp3) is 0.471. The van der Waals surface area contributed by atoms with Crippen molar-refractivity contribution in [1.82, 2.24) is 9.55 Å². The monoisotopic (exact) mass is 286 g/mol. The van der Waals surface area contributed by atoms with Gasteiger partial charge >= 0.3 is 0 Å². The predicted octanol–water partition coefficient (Wildman–Crippen LogP) is 3.76. The molecule has 1 heterocycles. The van der Waals surface area contributed by atoms with Gasteiger partial charge in [-0.2, -0.15) is 0 Å². The predicted molar refractivity (Wildman–Crippen MR) is 82.7 cm³/mol. The van der Waals surface area contributed by atoms with Crippen LogP contribution in [0.5, 0.6) is 11.5 Å². The average Bonchev–Trinajstić information content (AvgIpc) is 3.19. The molecule has 3 rings (SSSR count). The minimum Gasteiger partial charge on any atom is -0.497 e. The second kappa shape index (κ2) is 6.20. The lowest BCUT2D eigenvalue weighted by Crippen LogP contribution is -2.08. The van der Waals surface area contributed by atoms with Gasteiger partial charge in [0.1, 0.15) is 17.3 Å². The van der Waals surface area contributed by atoms with Gasteiger partial charge in [0.2, 0.25) is 0 Å². The van der Waals surface area contributed by atoms with E-state index in [1.165, 1.54) is 25.7 Å². The zero-order valence-electron chi connectivity index (χ0n) is 12.7. The highest BCUT2D eigenvalue weighted by Gasteiger charge is 2.17. The van der Waals surface area contributed by atoms with Gasteiger partial charge in [0, 0.05) is 30.6 Å². The molecule has 1 saturated carbocycles. The molecule has 2 aromatic rings. The molecule has 0 atom stereocenters. The second-order valence-electron chi connectivity index (χ2n) is 5.66. The zero-order chi connectivity index (χ0) is 14.7. The quantitative estimate of drug-likeness (QED) is 0.839. The molecule has 1 aromatic carbocycles. The fourth-order valence-electron chi connectivity index (χ4n) is 3.12. The average molecular weight is 286 g/mol. The van der Waals surface area contributed by atoms with Crippen LogP contribution in [0.2, 0.25) is 0 Å². The smallest absolute Gasteiger partial charge is 0.140 e. The largest absolute Gasteiger partial charge is 0.497 e. The first-order chi connectivity index (χ1) is 10.3. The van der Waals surface area contributed by atoms with Crippen molar-refractivity contribution in [3.05, 3.63) is 30.6 Å². The highest BCUT2D eigenvalue weighted by molar-refractivity contribution is 5.61. The van der Waals surface area contributed by atoms with E-state index in [1.807, 2.05) is 24.4 Å². The van der Waals surface area contributed by atoms with Crippen molar-refractivity contribution in [2.24, 2.45) is 5.92 Å². The van der Waals surface area contributed by atoms with Gasteiger partial charge < -0.3 is 14.0 Å². The Morgan fingerprint density at radius 1 is 1.10 bits per heavy atom. The molecule has 0 unspecified atom stereocenters. The maximum atomic E-state index is 5.35. The number of benzene rings is 1. The number of aromatic nitrogens is 2. The van der Waals surface area contributed by atoms with Crippen molar-refractivity contribution in [1.29, 1.82) is 0 Å². The van der Waals surface area contributed by atoms with Crippen LogP contribution in [0.3, 0.4) is 0 Å². The van der Waals surface area contributed by atoms with E-state index in [4.69, 9.17) is 9.47 Å². The van der Waals surface area contributed by atoms with Gasteiger partial charge in [-0.1, -0.05) is 12.8 Å². The summed E-state index contributed by atoms with van der Waals surface area (Å²) >= 11 is 0. The first-order valence-corrected chi connectivity index (χ1v) is 7.54. The summed E-state index contributed by atoms with van der Waals surface area (Å²) in [6.07, 6.45) is 9.33. The van der Waals surface area contributed by atoms with Crippen LogP contribution in [0.15, 0.2) is 30.6 Å². The summed E-state index contributed by atoms with van der Waals surface area (Å²) in [5.41, 5.74) is 1.04. The molecular formula is C17H22N2O2. The van der Waals surface area contributed by atoms with E-state index >= 15 is 0 Å². The molecular weight excluding hydrogens is 264 g/mol. The Kier molecular flexibility index (Phi) is 4.13. The van der Waals surface area contributed by atoms with Gasteiger partial charge in [-0.15, -0.1) is 0 Å². The molecule has 112 valence electrons. The summed E-state index contributed by atoms with van der Waals surface area (Å²) in [5.74, 6) is 3.35. The lowest BCUT2D eigenvalue weighted by Gasteiger charge is -2.14. The molecule has 1 fully saturated rings. The van der Waals surface area contributed by atoms with Crippen molar-refractivity contribution >= 4 is 0 Å². The maximum absolute atomic E-state index is 5.35. The van der Waals surface area contributed by atoms with E-state index in [0.717, 1.165) is 35.3 Å². The van der Waals surface area contributed by atoms with Gasteiger partial charge in [0.25, 0.3) is 0 Å². The van der Waals surface area contributed by atoms with Crippen molar-refractivity contribution in [3.63, 3.8) is 0 Å². The van der Waals surface area contributed by atoms with Crippen molar-refractivity contribution in [2.45, 2.75) is 32.2 Å². The number of nitrogens with zero attached hydrogens (tertiary/aromatic N) is 2. The van der Waals surface area contributed by atoms with Crippen LogP contribution in [-0.4, -0.2) is 23.8 Å². The lowest BCUT2D eigenvalue weighted by molar-refractivity contribution is 0.394. The highest BCUT2D eigenvalue weighted by Crippen LogP contribution is 2.31. The molecule has 0 spiro atoms. The molecule has 0 bridgehead atoms. The third-order valence-electron chi connectivity index (χ3n) is 4.25. The Balaban J connectivity index is 1.91. The highest BCUT2D eigenvalue weighted by atomic mass is 16.5. The summed E-state index contributed by atoms with van der Waals surface area (Å²) in [7, 11) is 3.34. The Hall–Kier alpha value is -1.97. The number of hydrogen-bond acceptors (Lipinski definition) is 3. The first kappa shape index (κ1) is 14.0. The standard InChI is InChI=1S/C17H22N2O2/c1-20-15-9-14(10-16(11-15)21-2)17-18-7-8-19(17)12-13-5-3-4-6-13/h7-11,13H,3-6,12H2,1-2H3. The van der Waals surface area contributed by atoms with Gasteiger partial charge in [0.05, 0.1) is 14.2 Å². The molecule has 0 amide bonds. The summed E-state index contributed by atoms with van der Waals surface area (Å²) in [6.45, 7) is 1.05. The van der Waals surface area contributed by atoms with E-state index in [1.54, 1.807) is 14.2 Å².